The van der Waals surface area contributed by atoms with Gasteiger partial charge in [0.1, 0.15) is 0 Å². The molecule has 1 rings (SSSR count). The SMILES string of the molecule is C[C@H](O)[CH][CH][CH][C@@H](C)N([C-]=O)Cc1ccccc1.[C-]#[O+].[C-]#[O+].[C-]#[O+].[Fe]. The van der Waals surface area contributed by atoms with Gasteiger partial charge in [-0.15, -0.1) is 0 Å². The third kappa shape index (κ3) is 18.6. The molecule has 0 aliphatic rings. The smallest absolute Gasteiger partial charge is 0 e. The average molecular weight is 385 g/mol. The van der Waals surface area contributed by atoms with Gasteiger partial charge < -0.3 is 14.8 Å². The van der Waals surface area contributed by atoms with E-state index >= 15 is 0 Å². The number of aliphatic hydroxyl groups excluding tert-OH is 1. The molecule has 0 aliphatic carbocycles. The summed E-state index contributed by atoms with van der Waals surface area (Å²) < 4.78 is 22.5. The fourth-order valence-electron chi connectivity index (χ4n) is 1.53. The molecule has 0 fully saturated rings. The monoisotopic (exact) mass is 385 g/mol. The molecule has 25 heavy (non-hydrogen) atoms. The van der Waals surface area contributed by atoms with Crippen LogP contribution in [0.15, 0.2) is 30.3 Å². The van der Waals surface area contributed by atoms with Crippen LogP contribution in [0.2, 0.25) is 0 Å². The number of amides is 1. The van der Waals surface area contributed by atoms with E-state index in [-0.39, 0.29) is 23.1 Å². The molecule has 0 unspecified atom stereocenters. The maximum absolute atomic E-state index is 11.0. The molecule has 0 bridgehead atoms. The van der Waals surface area contributed by atoms with E-state index < -0.39 is 6.10 Å². The normalized spacial score (nSPS) is 10.3. The van der Waals surface area contributed by atoms with Gasteiger partial charge in [-0.05, 0) is 38.7 Å². The Bertz CT molecular complexity index is 445. The second kappa shape index (κ2) is 24.6. The van der Waals surface area contributed by atoms with Gasteiger partial charge in [0, 0.05) is 29.7 Å². The molecular weight excluding hydrogens is 366 g/mol. The van der Waals surface area contributed by atoms with Gasteiger partial charge in [-0.2, -0.15) is 6.41 Å². The second-order valence-corrected chi connectivity index (χ2v) is 4.26. The van der Waals surface area contributed by atoms with Crippen LogP contribution in [-0.2, 0) is 42.4 Å². The van der Waals surface area contributed by atoms with Gasteiger partial charge in [0.25, 0.3) is 0 Å². The van der Waals surface area contributed by atoms with Crippen LogP contribution in [0.5, 0.6) is 0 Å². The Kier molecular flexibility index (Phi) is 30.7. The van der Waals surface area contributed by atoms with Crippen molar-refractivity contribution in [2.45, 2.75) is 32.5 Å². The molecule has 0 saturated carbocycles. The average Bonchev–Trinajstić information content (AvgIpc) is 2.65. The Hall–Kier alpha value is -1.61. The first kappa shape index (κ1) is 31.2. The predicted octanol–water partition coefficient (Wildman–Crippen LogP) is 1.82. The zero-order chi connectivity index (χ0) is 19.4. The molecule has 0 saturated heterocycles. The van der Waals surface area contributed by atoms with E-state index in [4.69, 9.17) is 19.1 Å². The Labute approximate surface area is 160 Å². The van der Waals surface area contributed by atoms with Gasteiger partial charge in [0.2, 0.25) is 0 Å². The summed E-state index contributed by atoms with van der Waals surface area (Å²) in [6, 6.07) is 9.72. The van der Waals surface area contributed by atoms with E-state index in [0.29, 0.717) is 6.54 Å². The number of hydrogen-bond donors (Lipinski definition) is 1. The van der Waals surface area contributed by atoms with Gasteiger partial charge in [0.05, 0.1) is 6.10 Å². The molecule has 0 aromatic heterocycles. The summed E-state index contributed by atoms with van der Waals surface area (Å²) in [5.41, 5.74) is 1.07. The first-order valence-electron chi connectivity index (χ1n) is 6.62. The van der Waals surface area contributed by atoms with Crippen molar-refractivity contribution in [2.24, 2.45) is 0 Å². The van der Waals surface area contributed by atoms with Crippen LogP contribution in [0.3, 0.4) is 0 Å². The van der Waals surface area contributed by atoms with Gasteiger partial charge in [-0.3, -0.25) is 0 Å². The fraction of sp³-hybridized carbons (Fsp3) is 0.278. The van der Waals surface area contributed by atoms with Crippen LogP contribution in [0, 0.1) is 39.2 Å². The van der Waals surface area contributed by atoms with Crippen molar-refractivity contribution in [3.63, 3.8) is 0 Å². The standard InChI is InChI=1S/C15H19NO2.3CO.Fe/c1-13(7-6-8-14(2)18)16(12-17)11-15-9-4-3-5-10-15;3*1-2;/h3-10,13-14,18H,11H2,1-2H3;;;;/q-1;;;;/t13-,14+;;;;/m1..../s1. The maximum Gasteiger partial charge on any atom is 0 e. The van der Waals surface area contributed by atoms with Gasteiger partial charge in [0.15, 0.2) is 0 Å². The van der Waals surface area contributed by atoms with Crippen LogP contribution in [0.25, 0.3) is 0 Å². The zero-order valence-electron chi connectivity index (χ0n) is 13.9. The summed E-state index contributed by atoms with van der Waals surface area (Å²) in [5.74, 6) is 0. The van der Waals surface area contributed by atoms with Crippen LogP contribution in [-0.4, -0.2) is 28.6 Å². The molecule has 135 valence electrons. The van der Waals surface area contributed by atoms with Gasteiger partial charge in [-0.25, -0.2) is 0 Å². The molecule has 6 nitrogen and oxygen atoms in total. The minimum absolute atomic E-state index is 0. The molecule has 7 heteroatoms. The van der Waals surface area contributed by atoms with Gasteiger partial charge >= 0.3 is 33.9 Å². The van der Waals surface area contributed by atoms with Crippen molar-refractivity contribution < 1.29 is 40.9 Å². The van der Waals surface area contributed by atoms with Crippen molar-refractivity contribution >= 4 is 6.41 Å². The minimum atomic E-state index is -0.476. The molecule has 1 aromatic carbocycles. The fourth-order valence-corrected chi connectivity index (χ4v) is 1.53. The second-order valence-electron chi connectivity index (χ2n) is 4.26. The van der Waals surface area contributed by atoms with Crippen molar-refractivity contribution in [3.8, 4) is 0 Å². The molecular formula is C18H19FeNO5-. The van der Waals surface area contributed by atoms with E-state index in [9.17, 15) is 4.79 Å². The van der Waals surface area contributed by atoms with Crippen LogP contribution < -0.4 is 0 Å². The summed E-state index contributed by atoms with van der Waals surface area (Å²) in [5, 5.41) is 9.10. The number of benzene rings is 1. The molecule has 0 aliphatic heterocycles. The van der Waals surface area contributed by atoms with E-state index in [1.807, 2.05) is 50.1 Å². The summed E-state index contributed by atoms with van der Waals surface area (Å²) in [6.07, 6.45) is 6.77. The minimum Gasteiger partial charge on any atom is 0 e. The van der Waals surface area contributed by atoms with E-state index in [2.05, 4.69) is 20.0 Å². The number of aliphatic hydroxyl groups is 1. The molecule has 1 amide bonds. The molecule has 1 aromatic rings. The third-order valence-corrected chi connectivity index (χ3v) is 2.58. The first-order valence-corrected chi connectivity index (χ1v) is 6.62. The molecule has 3 radical (unpaired) electrons. The topological polar surface area (TPSA) is 100 Å². The molecule has 0 heterocycles. The Morgan fingerprint density at radius 1 is 1.08 bits per heavy atom. The van der Waals surface area contributed by atoms with E-state index in [0.717, 1.165) is 5.56 Å². The summed E-state index contributed by atoms with van der Waals surface area (Å²) in [6.45, 7) is 17.6. The van der Waals surface area contributed by atoms with Crippen LogP contribution in [0.1, 0.15) is 19.4 Å². The number of hydrogen-bond acceptors (Lipinski definition) is 2. The van der Waals surface area contributed by atoms with Crippen LogP contribution >= 0.6 is 0 Å². The van der Waals surface area contributed by atoms with Gasteiger partial charge in [-0.1, -0.05) is 30.3 Å². The summed E-state index contributed by atoms with van der Waals surface area (Å²) in [4.78, 5) is 12.5. The Morgan fingerprint density at radius 2 is 1.56 bits per heavy atom. The number of carbonyl (C=O) groups excluding carboxylic acids is 1. The molecule has 2 atom stereocenters. The molecule has 0 spiro atoms. The predicted molar refractivity (Wildman–Crippen MR) is 83.5 cm³/mol. The van der Waals surface area contributed by atoms with Crippen molar-refractivity contribution in [1.29, 1.82) is 0 Å². The largest absolute Gasteiger partial charge is 0 e. The zero-order valence-corrected chi connectivity index (χ0v) is 15.0. The number of nitrogens with zero attached hydrogens (tertiary/aromatic N) is 1. The summed E-state index contributed by atoms with van der Waals surface area (Å²) in [7, 11) is 0. The quantitative estimate of drug-likeness (QED) is 0.320. The number of rotatable bonds is 8. The maximum atomic E-state index is 11.0. The van der Waals surface area contributed by atoms with Crippen molar-refractivity contribution in [3.05, 3.63) is 75.1 Å². The Morgan fingerprint density at radius 3 is 1.96 bits per heavy atom. The summed E-state index contributed by atoms with van der Waals surface area (Å²) >= 11 is 0. The van der Waals surface area contributed by atoms with E-state index in [1.54, 1.807) is 24.7 Å². The van der Waals surface area contributed by atoms with Crippen molar-refractivity contribution in [2.75, 3.05) is 0 Å². The van der Waals surface area contributed by atoms with Crippen LogP contribution in [0.4, 0.5) is 0 Å². The van der Waals surface area contributed by atoms with E-state index in [1.165, 1.54) is 0 Å². The Balaban J connectivity index is -0.000000284. The first-order chi connectivity index (χ1) is 11.6. The third-order valence-electron chi connectivity index (χ3n) is 2.58. The molecule has 1 N–H and O–H groups in total. The van der Waals surface area contributed by atoms with Crippen molar-refractivity contribution in [1.82, 2.24) is 4.90 Å².